The summed E-state index contributed by atoms with van der Waals surface area (Å²) >= 11 is 0. The maximum absolute atomic E-state index is 12.2. The molecule has 0 aliphatic heterocycles. The van der Waals surface area contributed by atoms with E-state index in [0.717, 1.165) is 32.1 Å². The fourth-order valence-electron chi connectivity index (χ4n) is 3.63. The lowest BCUT2D eigenvalue weighted by Crippen LogP contribution is -2.19. The van der Waals surface area contributed by atoms with Crippen molar-refractivity contribution in [2.45, 2.75) is 124 Å². The molecule has 0 rings (SSSR count). The van der Waals surface area contributed by atoms with Gasteiger partial charge in [-0.2, -0.15) is 0 Å². The van der Waals surface area contributed by atoms with Gasteiger partial charge < -0.3 is 9.47 Å². The Bertz CT molecular complexity index is 360. The summed E-state index contributed by atoms with van der Waals surface area (Å²) in [4.78, 5) is 24.3. The lowest BCUT2D eigenvalue weighted by atomic mass is 9.91. The third kappa shape index (κ3) is 20.0. The highest BCUT2D eigenvalue weighted by molar-refractivity contribution is 5.73. The maximum Gasteiger partial charge on any atom is 0.306 e. The molecule has 0 aromatic rings. The van der Waals surface area contributed by atoms with E-state index < -0.39 is 0 Å². The van der Waals surface area contributed by atoms with Gasteiger partial charge in [0.25, 0.3) is 0 Å². The number of hydrogen-bond acceptors (Lipinski definition) is 4. The molecule has 4 heteroatoms. The fraction of sp³-hybridized carbons (Fsp3) is 0.920. The lowest BCUT2D eigenvalue weighted by molar-refractivity contribution is -0.147. The van der Waals surface area contributed by atoms with Crippen LogP contribution in [0.1, 0.15) is 124 Å². The quantitative estimate of drug-likeness (QED) is 0.156. The van der Waals surface area contributed by atoms with Crippen LogP contribution in [0.3, 0.4) is 0 Å². The Balaban J connectivity index is 3.99. The maximum atomic E-state index is 12.2. The molecule has 0 radical (unpaired) electrons. The van der Waals surface area contributed by atoms with Crippen LogP contribution < -0.4 is 0 Å². The number of carbonyl (C=O) groups excluding carboxylic acids is 2. The monoisotopic (exact) mass is 412 g/mol. The molecule has 0 bridgehead atoms. The Hall–Kier alpha value is -1.06. The van der Waals surface area contributed by atoms with Crippen LogP contribution in [0.25, 0.3) is 0 Å². The minimum atomic E-state index is -0.173. The standard InChI is InChI=1S/C25H48O4/c1-5-7-9-11-13-15-17-28-24(26)20-23(19-22(3)4)21-25(27)29-18-16-14-12-10-8-6-2/h22-23H,5-21H2,1-4H3. The first-order valence-electron chi connectivity index (χ1n) is 12.3. The summed E-state index contributed by atoms with van der Waals surface area (Å²) in [6.07, 6.45) is 15.6. The van der Waals surface area contributed by atoms with Gasteiger partial charge in [0.1, 0.15) is 0 Å². The molecule has 0 aliphatic carbocycles. The van der Waals surface area contributed by atoms with Crippen molar-refractivity contribution in [2.75, 3.05) is 13.2 Å². The second-order valence-corrected chi connectivity index (χ2v) is 8.88. The molecule has 0 amide bonds. The van der Waals surface area contributed by atoms with E-state index in [-0.39, 0.29) is 17.9 Å². The van der Waals surface area contributed by atoms with Crippen LogP contribution >= 0.6 is 0 Å². The van der Waals surface area contributed by atoms with Crippen LogP contribution in [0.4, 0.5) is 0 Å². The minimum Gasteiger partial charge on any atom is -0.466 e. The molecular formula is C25H48O4. The van der Waals surface area contributed by atoms with E-state index in [2.05, 4.69) is 27.7 Å². The molecule has 0 aromatic carbocycles. The minimum absolute atomic E-state index is 0.0177. The van der Waals surface area contributed by atoms with Crippen LogP contribution in [-0.2, 0) is 19.1 Å². The average Bonchev–Trinajstić information content (AvgIpc) is 2.66. The number of ether oxygens (including phenoxy) is 2. The Kier molecular flexibility index (Phi) is 19.5. The summed E-state index contributed by atoms with van der Waals surface area (Å²) in [7, 11) is 0. The molecule has 0 saturated carbocycles. The van der Waals surface area contributed by atoms with Gasteiger partial charge >= 0.3 is 11.9 Å². The third-order valence-electron chi connectivity index (χ3n) is 5.24. The predicted octanol–water partition coefficient (Wildman–Crippen LogP) is 7.24. The van der Waals surface area contributed by atoms with Crippen molar-refractivity contribution in [1.29, 1.82) is 0 Å². The van der Waals surface area contributed by atoms with E-state index in [4.69, 9.17) is 9.47 Å². The Morgan fingerprint density at radius 3 is 1.38 bits per heavy atom. The molecule has 0 atom stereocenters. The molecular weight excluding hydrogens is 364 g/mol. The summed E-state index contributed by atoms with van der Waals surface area (Å²) in [5.41, 5.74) is 0. The molecule has 29 heavy (non-hydrogen) atoms. The van der Waals surface area contributed by atoms with Gasteiger partial charge in [0, 0.05) is 12.8 Å². The summed E-state index contributed by atoms with van der Waals surface area (Å²) in [6.45, 7) is 9.66. The molecule has 0 aromatic heterocycles. The number of rotatable bonds is 20. The molecule has 0 N–H and O–H groups in total. The van der Waals surface area contributed by atoms with Crippen LogP contribution in [0.15, 0.2) is 0 Å². The smallest absolute Gasteiger partial charge is 0.306 e. The lowest BCUT2D eigenvalue weighted by Gasteiger charge is -2.17. The second-order valence-electron chi connectivity index (χ2n) is 8.88. The van der Waals surface area contributed by atoms with E-state index in [1.165, 1.54) is 51.4 Å². The molecule has 0 saturated heterocycles. The van der Waals surface area contributed by atoms with Crippen molar-refractivity contribution in [3.8, 4) is 0 Å². The predicted molar refractivity (Wildman–Crippen MR) is 121 cm³/mol. The zero-order valence-electron chi connectivity index (χ0n) is 19.8. The van der Waals surface area contributed by atoms with Gasteiger partial charge in [0.15, 0.2) is 0 Å². The molecule has 4 nitrogen and oxygen atoms in total. The summed E-state index contributed by atoms with van der Waals surface area (Å²) in [6, 6.07) is 0. The Morgan fingerprint density at radius 2 is 1.00 bits per heavy atom. The largest absolute Gasteiger partial charge is 0.466 e. The molecule has 0 heterocycles. The van der Waals surface area contributed by atoms with Gasteiger partial charge in [0.05, 0.1) is 13.2 Å². The summed E-state index contributed by atoms with van der Waals surface area (Å²) in [5.74, 6) is 0.114. The topological polar surface area (TPSA) is 52.6 Å². The zero-order valence-corrected chi connectivity index (χ0v) is 19.8. The Labute approximate surface area is 180 Å². The van der Waals surface area contributed by atoms with Crippen molar-refractivity contribution in [3.63, 3.8) is 0 Å². The third-order valence-corrected chi connectivity index (χ3v) is 5.24. The highest BCUT2D eigenvalue weighted by Gasteiger charge is 2.20. The van der Waals surface area contributed by atoms with Crippen LogP contribution in [0, 0.1) is 11.8 Å². The van der Waals surface area contributed by atoms with Crippen molar-refractivity contribution in [2.24, 2.45) is 11.8 Å². The number of hydrogen-bond donors (Lipinski definition) is 0. The number of carbonyl (C=O) groups is 2. The molecule has 172 valence electrons. The first-order valence-corrected chi connectivity index (χ1v) is 12.3. The highest BCUT2D eigenvalue weighted by atomic mass is 16.5. The van der Waals surface area contributed by atoms with Crippen molar-refractivity contribution in [1.82, 2.24) is 0 Å². The molecule has 0 spiro atoms. The SMILES string of the molecule is CCCCCCCCOC(=O)CC(CC(=O)OCCCCCCCC)CC(C)C. The molecule has 0 unspecified atom stereocenters. The van der Waals surface area contributed by atoms with Crippen LogP contribution in [0.5, 0.6) is 0 Å². The van der Waals surface area contributed by atoms with Gasteiger partial charge in [-0.25, -0.2) is 0 Å². The van der Waals surface area contributed by atoms with E-state index in [0.29, 0.717) is 32.0 Å². The van der Waals surface area contributed by atoms with Crippen LogP contribution in [-0.4, -0.2) is 25.2 Å². The highest BCUT2D eigenvalue weighted by Crippen LogP contribution is 2.21. The first-order chi connectivity index (χ1) is 14.0. The zero-order chi connectivity index (χ0) is 21.7. The first kappa shape index (κ1) is 27.9. The van der Waals surface area contributed by atoms with Gasteiger partial charge in [-0.3, -0.25) is 9.59 Å². The van der Waals surface area contributed by atoms with Gasteiger partial charge in [-0.15, -0.1) is 0 Å². The Morgan fingerprint density at radius 1 is 0.621 bits per heavy atom. The summed E-state index contributed by atoms with van der Waals surface area (Å²) < 4.78 is 10.8. The molecule has 0 aliphatic rings. The van der Waals surface area contributed by atoms with Gasteiger partial charge in [-0.1, -0.05) is 91.9 Å². The van der Waals surface area contributed by atoms with Crippen molar-refractivity contribution >= 4 is 11.9 Å². The van der Waals surface area contributed by atoms with Gasteiger partial charge in [0.2, 0.25) is 0 Å². The average molecular weight is 413 g/mol. The second kappa shape index (κ2) is 20.2. The van der Waals surface area contributed by atoms with E-state index >= 15 is 0 Å². The summed E-state index contributed by atoms with van der Waals surface area (Å²) in [5, 5.41) is 0. The fourth-order valence-corrected chi connectivity index (χ4v) is 3.63. The normalized spacial score (nSPS) is 11.2. The van der Waals surface area contributed by atoms with E-state index in [1.807, 2.05) is 0 Å². The van der Waals surface area contributed by atoms with E-state index in [1.54, 1.807) is 0 Å². The number of esters is 2. The molecule has 0 fully saturated rings. The van der Waals surface area contributed by atoms with Crippen molar-refractivity contribution in [3.05, 3.63) is 0 Å². The van der Waals surface area contributed by atoms with Crippen LogP contribution in [0.2, 0.25) is 0 Å². The van der Waals surface area contributed by atoms with Crippen molar-refractivity contribution < 1.29 is 19.1 Å². The van der Waals surface area contributed by atoms with E-state index in [9.17, 15) is 9.59 Å². The number of unbranched alkanes of at least 4 members (excludes halogenated alkanes) is 10. The van der Waals surface area contributed by atoms with Gasteiger partial charge in [-0.05, 0) is 31.1 Å².